The van der Waals surface area contributed by atoms with Gasteiger partial charge in [-0.25, -0.2) is 4.39 Å². The van der Waals surface area contributed by atoms with E-state index in [1.807, 2.05) is 26.2 Å². The lowest BCUT2D eigenvalue weighted by Gasteiger charge is -2.15. The van der Waals surface area contributed by atoms with Gasteiger partial charge in [-0.05, 0) is 30.0 Å². The van der Waals surface area contributed by atoms with Gasteiger partial charge in [-0.15, -0.1) is 0 Å². The quantitative estimate of drug-likeness (QED) is 0.716. The second kappa shape index (κ2) is 4.45. The molecule has 78 valence electrons. The fraction of sp³-hybridized carbons (Fsp3) is 0.500. The van der Waals surface area contributed by atoms with Crippen molar-refractivity contribution in [1.82, 2.24) is 0 Å². The summed E-state index contributed by atoms with van der Waals surface area (Å²) in [6.07, 6.45) is 1.00. The van der Waals surface area contributed by atoms with Crippen molar-refractivity contribution in [3.8, 4) is 0 Å². The standard InChI is InChI=1S/C12H18FN/c1-9(2)7-10-5-6-11(13)12(8-10)14(3)4/h5-6,8-9H,7H2,1-4H3. The van der Waals surface area contributed by atoms with Crippen LogP contribution in [0.15, 0.2) is 18.2 Å². The molecule has 0 N–H and O–H groups in total. The number of halogens is 1. The summed E-state index contributed by atoms with van der Waals surface area (Å²) >= 11 is 0. The number of hydrogen-bond donors (Lipinski definition) is 0. The van der Waals surface area contributed by atoms with Crippen molar-refractivity contribution < 1.29 is 4.39 Å². The van der Waals surface area contributed by atoms with Crippen LogP contribution in [-0.2, 0) is 6.42 Å². The Bertz CT molecular complexity index is 305. The van der Waals surface area contributed by atoms with Crippen LogP contribution in [0.25, 0.3) is 0 Å². The summed E-state index contributed by atoms with van der Waals surface area (Å²) in [6.45, 7) is 4.33. The van der Waals surface area contributed by atoms with Gasteiger partial charge in [-0.3, -0.25) is 0 Å². The van der Waals surface area contributed by atoms with Crippen molar-refractivity contribution in [2.75, 3.05) is 19.0 Å². The van der Waals surface area contributed by atoms with Crippen LogP contribution in [0.4, 0.5) is 10.1 Å². The Kier molecular flexibility index (Phi) is 3.50. The molecular weight excluding hydrogens is 177 g/mol. The highest BCUT2D eigenvalue weighted by molar-refractivity contribution is 5.48. The van der Waals surface area contributed by atoms with Gasteiger partial charge in [0.15, 0.2) is 0 Å². The molecule has 0 aliphatic carbocycles. The molecule has 2 heteroatoms. The van der Waals surface area contributed by atoms with Gasteiger partial charge in [0.2, 0.25) is 0 Å². The fourth-order valence-corrected chi connectivity index (χ4v) is 1.50. The van der Waals surface area contributed by atoms with E-state index in [2.05, 4.69) is 13.8 Å². The van der Waals surface area contributed by atoms with E-state index in [9.17, 15) is 4.39 Å². The molecule has 1 aromatic rings. The molecule has 14 heavy (non-hydrogen) atoms. The molecule has 1 rings (SSSR count). The highest BCUT2D eigenvalue weighted by atomic mass is 19.1. The molecule has 0 spiro atoms. The molecule has 1 nitrogen and oxygen atoms in total. The van der Waals surface area contributed by atoms with Gasteiger partial charge in [-0.2, -0.15) is 0 Å². The highest BCUT2D eigenvalue weighted by Gasteiger charge is 2.06. The average molecular weight is 195 g/mol. The Morgan fingerprint density at radius 3 is 2.43 bits per heavy atom. The van der Waals surface area contributed by atoms with Crippen molar-refractivity contribution in [2.24, 2.45) is 5.92 Å². The van der Waals surface area contributed by atoms with E-state index in [1.165, 1.54) is 5.56 Å². The second-order valence-corrected chi connectivity index (χ2v) is 4.28. The molecule has 1 aromatic carbocycles. The second-order valence-electron chi connectivity index (χ2n) is 4.28. The molecule has 0 heterocycles. The van der Waals surface area contributed by atoms with Crippen LogP contribution < -0.4 is 4.90 Å². The van der Waals surface area contributed by atoms with Crippen molar-refractivity contribution in [3.63, 3.8) is 0 Å². The van der Waals surface area contributed by atoms with E-state index < -0.39 is 0 Å². The minimum Gasteiger partial charge on any atom is -0.375 e. The summed E-state index contributed by atoms with van der Waals surface area (Å²) in [4.78, 5) is 1.80. The summed E-state index contributed by atoms with van der Waals surface area (Å²) in [5.74, 6) is 0.456. The van der Waals surface area contributed by atoms with Crippen LogP contribution in [0.3, 0.4) is 0 Å². The van der Waals surface area contributed by atoms with Gasteiger partial charge in [0.25, 0.3) is 0 Å². The minimum atomic E-state index is -0.150. The van der Waals surface area contributed by atoms with Crippen molar-refractivity contribution in [2.45, 2.75) is 20.3 Å². The monoisotopic (exact) mass is 195 g/mol. The van der Waals surface area contributed by atoms with Gasteiger partial charge in [0.1, 0.15) is 5.82 Å². The molecule has 0 unspecified atom stereocenters. The summed E-state index contributed by atoms with van der Waals surface area (Å²) in [7, 11) is 3.72. The van der Waals surface area contributed by atoms with Crippen LogP contribution in [-0.4, -0.2) is 14.1 Å². The Balaban J connectivity index is 2.94. The number of benzene rings is 1. The average Bonchev–Trinajstić information content (AvgIpc) is 2.07. The minimum absolute atomic E-state index is 0.150. The molecule has 0 bridgehead atoms. The van der Waals surface area contributed by atoms with Gasteiger partial charge >= 0.3 is 0 Å². The third-order valence-electron chi connectivity index (χ3n) is 2.14. The van der Waals surface area contributed by atoms with E-state index in [-0.39, 0.29) is 5.82 Å². The van der Waals surface area contributed by atoms with Crippen LogP contribution in [0, 0.1) is 11.7 Å². The Hall–Kier alpha value is -1.05. The summed E-state index contributed by atoms with van der Waals surface area (Å²) in [5.41, 5.74) is 1.87. The maximum absolute atomic E-state index is 13.3. The maximum atomic E-state index is 13.3. The van der Waals surface area contributed by atoms with E-state index in [0.717, 1.165) is 6.42 Å². The predicted molar refractivity (Wildman–Crippen MR) is 59.3 cm³/mol. The topological polar surface area (TPSA) is 3.24 Å². The lowest BCUT2D eigenvalue weighted by molar-refractivity contribution is 0.619. The highest BCUT2D eigenvalue weighted by Crippen LogP contribution is 2.20. The normalized spacial score (nSPS) is 10.7. The molecule has 0 aliphatic rings. The molecule has 0 atom stereocenters. The van der Waals surface area contributed by atoms with Crippen LogP contribution >= 0.6 is 0 Å². The first-order chi connectivity index (χ1) is 6.50. The maximum Gasteiger partial charge on any atom is 0.146 e. The van der Waals surface area contributed by atoms with E-state index >= 15 is 0 Å². The SMILES string of the molecule is CC(C)Cc1ccc(F)c(N(C)C)c1. The van der Waals surface area contributed by atoms with E-state index in [4.69, 9.17) is 0 Å². The summed E-state index contributed by atoms with van der Waals surface area (Å²) in [5, 5.41) is 0. The zero-order chi connectivity index (χ0) is 10.7. The van der Waals surface area contributed by atoms with Gasteiger partial charge in [-0.1, -0.05) is 19.9 Å². The van der Waals surface area contributed by atoms with Crippen LogP contribution in [0.5, 0.6) is 0 Å². The number of hydrogen-bond acceptors (Lipinski definition) is 1. The molecule has 0 saturated carbocycles. The van der Waals surface area contributed by atoms with E-state index in [1.54, 1.807) is 11.0 Å². The largest absolute Gasteiger partial charge is 0.375 e. The number of anilines is 1. The summed E-state index contributed by atoms with van der Waals surface area (Å²) in [6, 6.07) is 5.34. The van der Waals surface area contributed by atoms with Gasteiger partial charge in [0, 0.05) is 14.1 Å². The molecule has 0 amide bonds. The number of rotatable bonds is 3. The molecule has 0 saturated heterocycles. The first kappa shape index (κ1) is 11.0. The van der Waals surface area contributed by atoms with Crippen molar-refractivity contribution in [3.05, 3.63) is 29.6 Å². The fourth-order valence-electron chi connectivity index (χ4n) is 1.50. The Labute approximate surface area is 85.5 Å². The summed E-state index contributed by atoms with van der Waals surface area (Å²) < 4.78 is 13.3. The predicted octanol–water partition coefficient (Wildman–Crippen LogP) is 3.09. The van der Waals surface area contributed by atoms with Crippen LogP contribution in [0.2, 0.25) is 0 Å². The third-order valence-corrected chi connectivity index (χ3v) is 2.14. The van der Waals surface area contributed by atoms with Crippen molar-refractivity contribution in [1.29, 1.82) is 0 Å². The van der Waals surface area contributed by atoms with Gasteiger partial charge < -0.3 is 4.90 Å². The Morgan fingerprint density at radius 1 is 1.29 bits per heavy atom. The molecule has 0 aromatic heterocycles. The number of nitrogens with zero attached hydrogens (tertiary/aromatic N) is 1. The first-order valence-corrected chi connectivity index (χ1v) is 4.96. The zero-order valence-corrected chi connectivity index (χ0v) is 9.34. The van der Waals surface area contributed by atoms with Crippen molar-refractivity contribution >= 4 is 5.69 Å². The first-order valence-electron chi connectivity index (χ1n) is 4.96. The Morgan fingerprint density at radius 2 is 1.93 bits per heavy atom. The van der Waals surface area contributed by atoms with Gasteiger partial charge in [0.05, 0.1) is 5.69 Å². The molecule has 0 fully saturated rings. The van der Waals surface area contributed by atoms with Crippen LogP contribution in [0.1, 0.15) is 19.4 Å². The third kappa shape index (κ3) is 2.72. The smallest absolute Gasteiger partial charge is 0.146 e. The lowest BCUT2D eigenvalue weighted by Crippen LogP contribution is -2.11. The zero-order valence-electron chi connectivity index (χ0n) is 9.34. The van der Waals surface area contributed by atoms with E-state index in [0.29, 0.717) is 11.6 Å². The lowest BCUT2D eigenvalue weighted by atomic mass is 10.0. The molecule has 0 radical (unpaired) electrons. The molecule has 0 aliphatic heterocycles. The molecular formula is C12H18FN.